The molecule has 2 saturated heterocycles. The van der Waals surface area contributed by atoms with Crippen LogP contribution in [0.4, 0.5) is 0 Å². The molecule has 0 bridgehead atoms. The minimum absolute atomic E-state index is 0.00319. The van der Waals surface area contributed by atoms with Gasteiger partial charge in [-0.2, -0.15) is 0 Å². The van der Waals surface area contributed by atoms with E-state index in [4.69, 9.17) is 17.0 Å². The largest absolute Gasteiger partial charge is 0.494 e. The van der Waals surface area contributed by atoms with Gasteiger partial charge in [-0.15, -0.1) is 0 Å². The molecular formula is C19H23NO4S3. The van der Waals surface area contributed by atoms with Crippen molar-refractivity contribution in [2.24, 2.45) is 0 Å². The van der Waals surface area contributed by atoms with Gasteiger partial charge in [0.25, 0.3) is 5.91 Å². The maximum atomic E-state index is 12.7. The molecule has 0 saturated carbocycles. The van der Waals surface area contributed by atoms with Crippen molar-refractivity contribution in [1.82, 2.24) is 4.90 Å². The van der Waals surface area contributed by atoms with Crippen LogP contribution in [0.1, 0.15) is 38.2 Å². The summed E-state index contributed by atoms with van der Waals surface area (Å²) < 4.78 is 29.6. The highest BCUT2D eigenvalue weighted by Gasteiger charge is 2.42. The van der Waals surface area contributed by atoms with Crippen molar-refractivity contribution in [3.8, 4) is 5.75 Å². The standard InChI is InChI=1S/C19H23NO4S3/c1-2-3-4-10-24-16-7-5-14(6-8-16)12-17-18(21)20(19(25)26-17)15-9-11-27(22,23)13-15/h5-8,12,15H,2-4,9-11,13H2,1H3/b17-12-/t15-/m1/s1. The molecule has 27 heavy (non-hydrogen) atoms. The van der Waals surface area contributed by atoms with Gasteiger partial charge in [-0.1, -0.05) is 55.9 Å². The summed E-state index contributed by atoms with van der Waals surface area (Å²) >= 11 is 6.55. The van der Waals surface area contributed by atoms with Gasteiger partial charge < -0.3 is 4.74 Å². The third-order valence-corrected chi connectivity index (χ3v) is 7.67. The molecule has 8 heteroatoms. The lowest BCUT2D eigenvalue weighted by atomic mass is 10.2. The maximum Gasteiger partial charge on any atom is 0.266 e. The van der Waals surface area contributed by atoms with E-state index < -0.39 is 9.84 Å². The molecule has 1 amide bonds. The lowest BCUT2D eigenvalue weighted by Crippen LogP contribution is -2.39. The number of unbranched alkanes of at least 4 members (excludes halogenated alkanes) is 2. The van der Waals surface area contributed by atoms with Crippen molar-refractivity contribution >= 4 is 50.1 Å². The Morgan fingerprint density at radius 3 is 2.67 bits per heavy atom. The van der Waals surface area contributed by atoms with E-state index in [9.17, 15) is 13.2 Å². The van der Waals surface area contributed by atoms with E-state index in [1.54, 1.807) is 6.08 Å². The van der Waals surface area contributed by atoms with Gasteiger partial charge in [-0.05, 0) is 36.6 Å². The van der Waals surface area contributed by atoms with Gasteiger partial charge in [0, 0.05) is 0 Å². The molecule has 0 radical (unpaired) electrons. The minimum atomic E-state index is -3.07. The fraction of sp³-hybridized carbons (Fsp3) is 0.474. The van der Waals surface area contributed by atoms with Crippen molar-refractivity contribution in [3.05, 3.63) is 34.7 Å². The molecule has 2 fully saturated rings. The normalized spacial score (nSPS) is 23.4. The summed E-state index contributed by atoms with van der Waals surface area (Å²) in [5.74, 6) is 0.726. The first-order valence-electron chi connectivity index (χ1n) is 9.10. The molecule has 0 aliphatic carbocycles. The fourth-order valence-electron chi connectivity index (χ4n) is 3.13. The van der Waals surface area contributed by atoms with Gasteiger partial charge in [-0.3, -0.25) is 9.69 Å². The molecule has 5 nitrogen and oxygen atoms in total. The van der Waals surface area contributed by atoms with Crippen LogP contribution in [0, 0.1) is 0 Å². The summed E-state index contributed by atoms with van der Waals surface area (Å²) in [6.45, 7) is 2.86. The van der Waals surface area contributed by atoms with Gasteiger partial charge in [-0.25, -0.2) is 8.42 Å². The first-order chi connectivity index (χ1) is 12.9. The zero-order valence-electron chi connectivity index (χ0n) is 15.2. The molecule has 2 aliphatic heterocycles. The first kappa shape index (κ1) is 20.4. The Labute approximate surface area is 170 Å². The van der Waals surface area contributed by atoms with E-state index in [0.29, 0.717) is 22.3 Å². The molecule has 0 spiro atoms. The number of rotatable bonds is 7. The van der Waals surface area contributed by atoms with E-state index in [2.05, 4.69) is 6.92 Å². The number of amides is 1. The zero-order chi connectivity index (χ0) is 19.4. The molecule has 1 atom stereocenters. The van der Waals surface area contributed by atoms with Crippen LogP contribution in [0.15, 0.2) is 29.2 Å². The SMILES string of the molecule is CCCCCOc1ccc(/C=C2\SC(=S)N([C@@H]3CCS(=O)(=O)C3)C2=O)cc1. The van der Waals surface area contributed by atoms with Crippen molar-refractivity contribution < 1.29 is 17.9 Å². The second-order valence-electron chi connectivity index (χ2n) is 6.73. The quantitative estimate of drug-likeness (QED) is 0.378. The third-order valence-electron chi connectivity index (χ3n) is 4.59. The predicted octanol–water partition coefficient (Wildman–Crippen LogP) is 3.64. The third kappa shape index (κ3) is 5.12. The number of benzene rings is 1. The summed E-state index contributed by atoms with van der Waals surface area (Å²) in [6, 6.07) is 7.25. The van der Waals surface area contributed by atoms with Crippen molar-refractivity contribution in [2.45, 2.75) is 38.6 Å². The number of thioether (sulfide) groups is 1. The number of sulfone groups is 1. The number of carbonyl (C=O) groups is 1. The number of hydrogen-bond donors (Lipinski definition) is 0. The van der Waals surface area contributed by atoms with Gasteiger partial charge >= 0.3 is 0 Å². The van der Waals surface area contributed by atoms with Gasteiger partial charge in [0.05, 0.1) is 29.1 Å². The first-order valence-corrected chi connectivity index (χ1v) is 12.1. The van der Waals surface area contributed by atoms with E-state index in [0.717, 1.165) is 30.6 Å². The molecule has 0 unspecified atom stereocenters. The summed E-state index contributed by atoms with van der Waals surface area (Å²) in [4.78, 5) is 14.7. The van der Waals surface area contributed by atoms with Crippen LogP contribution in [-0.2, 0) is 14.6 Å². The zero-order valence-corrected chi connectivity index (χ0v) is 17.7. The van der Waals surface area contributed by atoms with Crippen LogP contribution in [0.2, 0.25) is 0 Å². The molecule has 1 aromatic carbocycles. The predicted molar refractivity (Wildman–Crippen MR) is 114 cm³/mol. The molecule has 0 aromatic heterocycles. The second-order valence-corrected chi connectivity index (χ2v) is 10.6. The van der Waals surface area contributed by atoms with Gasteiger partial charge in [0.2, 0.25) is 0 Å². The Morgan fingerprint density at radius 2 is 2.04 bits per heavy atom. The molecule has 2 heterocycles. The smallest absolute Gasteiger partial charge is 0.266 e. The van der Waals surface area contributed by atoms with Crippen LogP contribution in [-0.4, -0.2) is 47.7 Å². The average molecular weight is 426 g/mol. The number of thiocarbonyl (C=S) groups is 1. The minimum Gasteiger partial charge on any atom is -0.494 e. The maximum absolute atomic E-state index is 12.7. The topological polar surface area (TPSA) is 63.7 Å². The fourth-order valence-corrected chi connectivity index (χ4v) is 6.23. The van der Waals surface area contributed by atoms with E-state index in [1.807, 2.05) is 24.3 Å². The lowest BCUT2D eigenvalue weighted by molar-refractivity contribution is -0.123. The van der Waals surface area contributed by atoms with E-state index in [1.165, 1.54) is 16.7 Å². The van der Waals surface area contributed by atoms with Crippen molar-refractivity contribution in [2.75, 3.05) is 18.1 Å². The van der Waals surface area contributed by atoms with Gasteiger partial charge in [0.1, 0.15) is 10.1 Å². The Bertz CT molecular complexity index is 846. The average Bonchev–Trinajstić information content (AvgIpc) is 3.11. The molecule has 3 rings (SSSR count). The molecule has 2 aliphatic rings. The highest BCUT2D eigenvalue weighted by molar-refractivity contribution is 8.26. The summed E-state index contributed by atoms with van der Waals surface area (Å²) in [7, 11) is -3.07. The molecular weight excluding hydrogens is 402 g/mol. The number of ether oxygens (including phenoxy) is 1. The van der Waals surface area contributed by atoms with E-state index in [-0.39, 0.29) is 23.5 Å². The van der Waals surface area contributed by atoms with Crippen LogP contribution in [0.5, 0.6) is 5.75 Å². The Hall–Kier alpha value is -1.38. The Morgan fingerprint density at radius 1 is 1.30 bits per heavy atom. The highest BCUT2D eigenvalue weighted by atomic mass is 32.2. The van der Waals surface area contributed by atoms with Crippen LogP contribution >= 0.6 is 24.0 Å². The number of nitrogens with zero attached hydrogens (tertiary/aromatic N) is 1. The number of carbonyl (C=O) groups excluding carboxylic acids is 1. The molecule has 146 valence electrons. The summed E-state index contributed by atoms with van der Waals surface area (Å²) in [5.41, 5.74) is 0.885. The second kappa shape index (κ2) is 8.75. The molecule has 1 aromatic rings. The van der Waals surface area contributed by atoms with Crippen LogP contribution in [0.25, 0.3) is 6.08 Å². The molecule has 0 N–H and O–H groups in total. The van der Waals surface area contributed by atoms with Crippen molar-refractivity contribution in [3.63, 3.8) is 0 Å². The Kier molecular flexibility index (Phi) is 6.60. The van der Waals surface area contributed by atoms with Crippen molar-refractivity contribution in [1.29, 1.82) is 0 Å². The van der Waals surface area contributed by atoms with Crippen LogP contribution in [0.3, 0.4) is 0 Å². The van der Waals surface area contributed by atoms with E-state index >= 15 is 0 Å². The number of hydrogen-bond acceptors (Lipinski definition) is 6. The van der Waals surface area contributed by atoms with Gasteiger partial charge in [0.15, 0.2) is 9.84 Å². The lowest BCUT2D eigenvalue weighted by Gasteiger charge is -2.20. The Balaban J connectivity index is 1.65. The van der Waals surface area contributed by atoms with Crippen LogP contribution < -0.4 is 4.74 Å². The summed E-state index contributed by atoms with van der Waals surface area (Å²) in [5, 5.41) is 0. The monoisotopic (exact) mass is 425 g/mol. The highest BCUT2D eigenvalue weighted by Crippen LogP contribution is 2.36. The summed E-state index contributed by atoms with van der Waals surface area (Å²) in [6.07, 6.45) is 5.60.